The first kappa shape index (κ1) is 20.6. The van der Waals surface area contributed by atoms with Gasteiger partial charge in [0.05, 0.1) is 12.8 Å². The number of piperidine rings is 3. The second-order valence-electron chi connectivity index (χ2n) is 8.51. The van der Waals surface area contributed by atoms with E-state index in [1.807, 2.05) is 24.3 Å². The van der Waals surface area contributed by atoms with E-state index >= 15 is 0 Å². The molecule has 3 aliphatic heterocycles. The van der Waals surface area contributed by atoms with Crippen molar-refractivity contribution in [2.45, 2.75) is 30.9 Å². The van der Waals surface area contributed by atoms with Crippen molar-refractivity contribution in [2.75, 3.05) is 20.2 Å². The molecule has 3 aliphatic rings. The molecular formula is C26H26N4O2. The van der Waals surface area contributed by atoms with E-state index in [2.05, 4.69) is 32.9 Å². The minimum atomic E-state index is -1.16. The predicted octanol–water partition coefficient (Wildman–Crippen LogP) is 3.05. The number of nitrogens with zero attached hydrogens (tertiary/aromatic N) is 4. The zero-order valence-electron chi connectivity index (χ0n) is 18.1. The Hall–Kier alpha value is -3.27. The highest BCUT2D eigenvalue weighted by molar-refractivity contribution is 5.55. The zero-order chi connectivity index (χ0) is 22.1. The van der Waals surface area contributed by atoms with Crippen molar-refractivity contribution in [3.05, 3.63) is 71.7 Å². The van der Waals surface area contributed by atoms with Crippen LogP contribution in [-0.4, -0.2) is 51.2 Å². The molecule has 162 valence electrons. The van der Waals surface area contributed by atoms with Crippen LogP contribution in [0.3, 0.4) is 0 Å². The Bertz CT molecular complexity index is 1130. The SMILES string of the molecule is C#CC1N2CCC(CC2)C1(O)c1cnc(-c2ccc(OC)nc2)nc1Cc1ccccc1. The number of hydrogen-bond acceptors (Lipinski definition) is 6. The maximum Gasteiger partial charge on any atom is 0.212 e. The summed E-state index contributed by atoms with van der Waals surface area (Å²) in [5, 5.41) is 12.1. The maximum absolute atomic E-state index is 12.1. The van der Waals surface area contributed by atoms with Gasteiger partial charge in [0.15, 0.2) is 5.82 Å². The lowest BCUT2D eigenvalue weighted by molar-refractivity contribution is -0.143. The fourth-order valence-electron chi connectivity index (χ4n) is 5.15. The Morgan fingerprint density at radius 1 is 1.12 bits per heavy atom. The molecule has 3 saturated heterocycles. The van der Waals surface area contributed by atoms with Crippen LogP contribution in [-0.2, 0) is 12.0 Å². The maximum atomic E-state index is 12.1. The third-order valence-corrected chi connectivity index (χ3v) is 6.81. The van der Waals surface area contributed by atoms with Gasteiger partial charge in [-0.3, -0.25) is 4.90 Å². The molecule has 2 atom stereocenters. The van der Waals surface area contributed by atoms with Gasteiger partial charge in [0.25, 0.3) is 0 Å². The molecule has 1 aromatic carbocycles. The van der Waals surface area contributed by atoms with Crippen molar-refractivity contribution in [3.63, 3.8) is 0 Å². The summed E-state index contributed by atoms with van der Waals surface area (Å²) in [7, 11) is 1.59. The van der Waals surface area contributed by atoms with Crippen LogP contribution in [0.2, 0.25) is 0 Å². The van der Waals surface area contributed by atoms with Gasteiger partial charge in [-0.05, 0) is 43.5 Å². The number of ether oxygens (including phenoxy) is 1. The van der Waals surface area contributed by atoms with E-state index in [1.54, 1.807) is 25.6 Å². The van der Waals surface area contributed by atoms with Crippen LogP contribution in [0.15, 0.2) is 54.9 Å². The number of methoxy groups -OCH3 is 1. The van der Waals surface area contributed by atoms with Crippen LogP contribution in [0, 0.1) is 18.3 Å². The minimum Gasteiger partial charge on any atom is -0.481 e. The second-order valence-corrected chi connectivity index (χ2v) is 8.51. The number of terminal acetylenes is 1. The molecule has 6 rings (SSSR count). The van der Waals surface area contributed by atoms with Crippen LogP contribution in [0.1, 0.15) is 29.7 Å². The molecule has 0 saturated carbocycles. The lowest BCUT2D eigenvalue weighted by Crippen LogP contribution is -2.63. The highest BCUT2D eigenvalue weighted by atomic mass is 16.5. The zero-order valence-corrected chi connectivity index (χ0v) is 18.1. The van der Waals surface area contributed by atoms with Gasteiger partial charge in [0, 0.05) is 36.0 Å². The first-order chi connectivity index (χ1) is 15.6. The normalized spacial score (nSPS) is 26.5. The monoisotopic (exact) mass is 426 g/mol. The highest BCUT2D eigenvalue weighted by Gasteiger charge is 2.54. The molecule has 2 aromatic heterocycles. The van der Waals surface area contributed by atoms with E-state index in [0.717, 1.165) is 48.3 Å². The standard InChI is InChI=1S/C26H26N4O2/c1-3-23-26(31,20-11-13-30(23)14-12-20)21-17-28-25(19-9-10-24(32-2)27-16-19)29-22(21)15-18-7-5-4-6-8-18/h1,4-10,16-17,20,23,31H,11-15H2,2H3. The van der Waals surface area contributed by atoms with Gasteiger partial charge >= 0.3 is 0 Å². The molecule has 1 N–H and O–H groups in total. The summed E-state index contributed by atoms with van der Waals surface area (Å²) in [6.07, 6.45) is 11.8. The van der Waals surface area contributed by atoms with Gasteiger partial charge in [-0.25, -0.2) is 15.0 Å². The number of fused-ring (bicyclic) bond motifs is 3. The minimum absolute atomic E-state index is 0.0974. The van der Waals surface area contributed by atoms with E-state index in [1.165, 1.54) is 0 Å². The largest absolute Gasteiger partial charge is 0.481 e. The molecule has 0 aliphatic carbocycles. The van der Waals surface area contributed by atoms with Crippen molar-refractivity contribution in [1.82, 2.24) is 19.9 Å². The van der Waals surface area contributed by atoms with Gasteiger partial charge in [0.2, 0.25) is 5.88 Å². The highest BCUT2D eigenvalue weighted by Crippen LogP contribution is 2.47. The Balaban J connectivity index is 1.62. The van der Waals surface area contributed by atoms with Crippen LogP contribution < -0.4 is 4.74 Å². The Labute approximate surface area is 188 Å². The average molecular weight is 427 g/mol. The first-order valence-electron chi connectivity index (χ1n) is 11.0. The lowest BCUT2D eigenvalue weighted by atomic mass is 9.66. The Morgan fingerprint density at radius 2 is 1.91 bits per heavy atom. The van der Waals surface area contributed by atoms with Crippen molar-refractivity contribution < 1.29 is 9.84 Å². The Kier molecular flexibility index (Phi) is 5.38. The van der Waals surface area contributed by atoms with Crippen molar-refractivity contribution in [2.24, 2.45) is 5.92 Å². The molecule has 0 spiro atoms. The number of hydrogen-bond donors (Lipinski definition) is 1. The van der Waals surface area contributed by atoms with E-state index in [4.69, 9.17) is 16.1 Å². The quantitative estimate of drug-likeness (QED) is 0.633. The van der Waals surface area contributed by atoms with Gasteiger partial charge in [-0.15, -0.1) is 6.42 Å². The smallest absolute Gasteiger partial charge is 0.212 e. The molecule has 6 heteroatoms. The third kappa shape index (κ3) is 3.44. The number of aliphatic hydroxyl groups is 1. The molecule has 2 unspecified atom stereocenters. The Morgan fingerprint density at radius 3 is 2.56 bits per heavy atom. The topological polar surface area (TPSA) is 71.4 Å². The van der Waals surface area contributed by atoms with Gasteiger partial charge in [-0.2, -0.15) is 0 Å². The summed E-state index contributed by atoms with van der Waals surface area (Å²) in [6, 6.07) is 13.5. The van der Waals surface area contributed by atoms with Gasteiger partial charge in [-0.1, -0.05) is 36.3 Å². The molecule has 3 aromatic rings. The van der Waals surface area contributed by atoms with E-state index in [-0.39, 0.29) is 12.0 Å². The van der Waals surface area contributed by atoms with Crippen LogP contribution >= 0.6 is 0 Å². The van der Waals surface area contributed by atoms with Crippen molar-refractivity contribution in [3.8, 4) is 29.6 Å². The van der Waals surface area contributed by atoms with Crippen molar-refractivity contribution in [1.29, 1.82) is 0 Å². The molecule has 0 amide bonds. The van der Waals surface area contributed by atoms with Crippen LogP contribution in [0.4, 0.5) is 0 Å². The average Bonchev–Trinajstić information content (AvgIpc) is 2.85. The molecule has 0 radical (unpaired) electrons. The molecule has 2 bridgehead atoms. The van der Waals surface area contributed by atoms with Crippen LogP contribution in [0.25, 0.3) is 11.4 Å². The van der Waals surface area contributed by atoms with E-state index in [0.29, 0.717) is 18.1 Å². The fourth-order valence-corrected chi connectivity index (χ4v) is 5.15. The third-order valence-electron chi connectivity index (χ3n) is 6.81. The summed E-state index contributed by atoms with van der Waals surface area (Å²) in [4.78, 5) is 16.1. The summed E-state index contributed by atoms with van der Waals surface area (Å²) < 4.78 is 5.16. The molecule has 6 nitrogen and oxygen atoms in total. The van der Waals surface area contributed by atoms with Gasteiger partial charge < -0.3 is 9.84 Å². The molecule has 32 heavy (non-hydrogen) atoms. The predicted molar refractivity (Wildman–Crippen MR) is 122 cm³/mol. The van der Waals surface area contributed by atoms with Crippen LogP contribution in [0.5, 0.6) is 5.88 Å². The number of rotatable bonds is 5. The second kappa shape index (κ2) is 8.34. The van der Waals surface area contributed by atoms with E-state index < -0.39 is 5.60 Å². The fraction of sp³-hybridized carbons (Fsp3) is 0.346. The number of aromatic nitrogens is 3. The summed E-state index contributed by atoms with van der Waals surface area (Å²) in [6.45, 7) is 1.85. The summed E-state index contributed by atoms with van der Waals surface area (Å²) in [5.41, 5.74) is 2.29. The van der Waals surface area contributed by atoms with Crippen molar-refractivity contribution >= 4 is 0 Å². The first-order valence-corrected chi connectivity index (χ1v) is 11.0. The summed E-state index contributed by atoms with van der Waals surface area (Å²) in [5.74, 6) is 4.07. The van der Waals surface area contributed by atoms with E-state index in [9.17, 15) is 5.11 Å². The molecule has 3 fully saturated rings. The number of benzene rings is 1. The lowest BCUT2D eigenvalue weighted by Gasteiger charge is -2.54. The molecule has 5 heterocycles. The number of pyridine rings is 1. The molecular weight excluding hydrogens is 400 g/mol. The summed E-state index contributed by atoms with van der Waals surface area (Å²) >= 11 is 0. The van der Waals surface area contributed by atoms with Gasteiger partial charge in [0.1, 0.15) is 11.6 Å².